The Morgan fingerprint density at radius 3 is 2.53 bits per heavy atom. The summed E-state index contributed by atoms with van der Waals surface area (Å²) in [5, 5.41) is 15.8. The number of halogens is 1. The smallest absolute Gasteiger partial charge is 0.242 e. The van der Waals surface area contributed by atoms with E-state index in [-0.39, 0.29) is 17.2 Å². The molecule has 34 heavy (non-hydrogen) atoms. The van der Waals surface area contributed by atoms with Crippen molar-refractivity contribution >= 4 is 15.9 Å². The second-order valence-corrected chi connectivity index (χ2v) is 11.5. The number of piperidine rings is 2. The van der Waals surface area contributed by atoms with Crippen LogP contribution in [-0.4, -0.2) is 50.9 Å². The van der Waals surface area contributed by atoms with Crippen LogP contribution in [0.5, 0.6) is 0 Å². The highest BCUT2D eigenvalue weighted by Crippen LogP contribution is 2.37. The summed E-state index contributed by atoms with van der Waals surface area (Å²) >= 11 is 0. The third kappa shape index (κ3) is 4.71. The third-order valence-electron chi connectivity index (χ3n) is 7.01. The molecule has 2 saturated heterocycles. The highest BCUT2D eigenvalue weighted by molar-refractivity contribution is 7.89. The van der Waals surface area contributed by atoms with Crippen molar-refractivity contribution in [1.29, 1.82) is 5.26 Å². The molecule has 0 radical (unpaired) electrons. The van der Waals surface area contributed by atoms with Crippen LogP contribution in [0.4, 0.5) is 4.39 Å². The van der Waals surface area contributed by atoms with Gasteiger partial charge in [0.15, 0.2) is 0 Å². The van der Waals surface area contributed by atoms with E-state index < -0.39 is 27.4 Å². The Kier molecular flexibility index (Phi) is 6.76. The number of nitrogens with one attached hydrogen (secondary N) is 2. The topological polar surface area (TPSA) is 102 Å². The summed E-state index contributed by atoms with van der Waals surface area (Å²) in [6.45, 7) is 0.817. The van der Waals surface area contributed by atoms with Gasteiger partial charge in [-0.15, -0.1) is 0 Å². The van der Waals surface area contributed by atoms with Gasteiger partial charge in [-0.25, -0.2) is 17.1 Å². The van der Waals surface area contributed by atoms with Crippen molar-refractivity contribution in [2.24, 2.45) is 5.92 Å². The molecule has 2 aromatic carbocycles. The van der Waals surface area contributed by atoms with Crippen molar-refractivity contribution in [3.8, 4) is 17.2 Å². The fraction of sp³-hybridized carbons (Fsp3) is 0.440. The Morgan fingerprint density at radius 2 is 1.94 bits per heavy atom. The molecule has 1 saturated carbocycles. The van der Waals surface area contributed by atoms with Crippen LogP contribution in [0, 0.1) is 23.1 Å². The minimum Gasteiger partial charge on any atom is -0.338 e. The van der Waals surface area contributed by atoms with Gasteiger partial charge < -0.3 is 10.6 Å². The summed E-state index contributed by atoms with van der Waals surface area (Å²) in [4.78, 5) is 13.1. The van der Waals surface area contributed by atoms with Crippen molar-refractivity contribution in [1.82, 2.24) is 14.9 Å². The molecule has 0 spiro atoms. The van der Waals surface area contributed by atoms with Gasteiger partial charge in [-0.1, -0.05) is 24.3 Å². The molecule has 9 heteroatoms. The molecule has 1 amide bonds. The number of benzene rings is 2. The molecular formula is C25H29FN4O3S. The van der Waals surface area contributed by atoms with Gasteiger partial charge in [0, 0.05) is 20.5 Å². The molecule has 180 valence electrons. The molecule has 7 nitrogen and oxygen atoms in total. The molecule has 2 aromatic rings. The Bertz CT molecular complexity index is 1220. The molecule has 0 aromatic heterocycles. The van der Waals surface area contributed by atoms with Gasteiger partial charge in [-0.2, -0.15) is 5.26 Å². The lowest BCUT2D eigenvalue weighted by atomic mass is 9.71. The number of carbonyl (C=O) groups excluding carboxylic acids is 1. The van der Waals surface area contributed by atoms with E-state index in [1.165, 1.54) is 32.3 Å². The number of hydrogen-bond donors (Lipinski definition) is 2. The number of carbonyl (C=O) groups is 1. The fourth-order valence-electron chi connectivity index (χ4n) is 4.78. The molecule has 5 rings (SSSR count). The summed E-state index contributed by atoms with van der Waals surface area (Å²) in [5.74, 6) is -0.0757. The monoisotopic (exact) mass is 484 g/mol. The number of amides is 1. The Balaban J connectivity index is 1.49. The van der Waals surface area contributed by atoms with Crippen LogP contribution in [0.3, 0.4) is 0 Å². The predicted molar refractivity (Wildman–Crippen MR) is 127 cm³/mol. The molecule has 2 N–H and O–H groups in total. The maximum Gasteiger partial charge on any atom is 0.242 e. The summed E-state index contributed by atoms with van der Waals surface area (Å²) in [6.07, 6.45) is 3.57. The van der Waals surface area contributed by atoms with Gasteiger partial charge in [-0.3, -0.25) is 4.79 Å². The van der Waals surface area contributed by atoms with E-state index in [4.69, 9.17) is 0 Å². The van der Waals surface area contributed by atoms with E-state index in [0.29, 0.717) is 22.6 Å². The fourth-order valence-corrected chi connectivity index (χ4v) is 5.73. The average molecular weight is 485 g/mol. The SMILES string of the molecule is CN(C)S(=O)(=O)c1cccc(-c2ccc(C[C@@H](C#N)NC(=O)C34CCC(CC3)CN4)c(F)c2)c1. The second kappa shape index (κ2) is 9.45. The minimum absolute atomic E-state index is 0.0438. The molecule has 2 heterocycles. The maximum atomic E-state index is 15.0. The number of sulfonamides is 1. The zero-order chi connectivity index (χ0) is 24.5. The van der Waals surface area contributed by atoms with Gasteiger partial charge >= 0.3 is 0 Å². The van der Waals surface area contributed by atoms with Crippen molar-refractivity contribution in [2.45, 2.75) is 48.6 Å². The van der Waals surface area contributed by atoms with Crippen LogP contribution in [0.25, 0.3) is 11.1 Å². The van der Waals surface area contributed by atoms with Crippen LogP contribution in [0.15, 0.2) is 47.4 Å². The zero-order valence-corrected chi connectivity index (χ0v) is 20.2. The predicted octanol–water partition coefficient (Wildman–Crippen LogP) is 2.83. The van der Waals surface area contributed by atoms with Crippen LogP contribution in [0.2, 0.25) is 0 Å². The number of hydrogen-bond acceptors (Lipinski definition) is 5. The van der Waals surface area contributed by atoms with Gasteiger partial charge in [0.05, 0.1) is 16.5 Å². The Morgan fingerprint density at radius 1 is 1.24 bits per heavy atom. The van der Waals surface area contributed by atoms with E-state index in [9.17, 15) is 22.9 Å². The van der Waals surface area contributed by atoms with E-state index >= 15 is 0 Å². The second-order valence-electron chi connectivity index (χ2n) is 9.39. The van der Waals surface area contributed by atoms with E-state index in [1.807, 2.05) is 0 Å². The molecule has 3 fully saturated rings. The van der Waals surface area contributed by atoms with Gasteiger partial charge in [0.1, 0.15) is 11.9 Å². The van der Waals surface area contributed by atoms with Gasteiger partial charge in [0.2, 0.25) is 15.9 Å². The first-order valence-electron chi connectivity index (χ1n) is 11.4. The number of nitriles is 1. The molecule has 0 unspecified atom stereocenters. The van der Waals surface area contributed by atoms with Crippen molar-refractivity contribution in [3.63, 3.8) is 0 Å². The standard InChI is InChI=1S/C25H29FN4O3S/c1-30(2)34(32,33)22-5-3-4-18(13-22)19-6-7-20(23(26)14-19)12-21(15-27)29-24(31)25-10-8-17(9-11-25)16-28-25/h3-7,13-14,17,21,28H,8-12,16H2,1-2H3,(H,29,31)/t17?,21-,25?/m0/s1. The van der Waals surface area contributed by atoms with Crippen molar-refractivity contribution in [2.75, 3.05) is 20.6 Å². The van der Waals surface area contributed by atoms with Gasteiger partial charge in [-0.05, 0) is 73.0 Å². The first-order chi connectivity index (χ1) is 16.1. The van der Waals surface area contributed by atoms with Crippen LogP contribution >= 0.6 is 0 Å². The van der Waals surface area contributed by atoms with E-state index in [1.54, 1.807) is 24.3 Å². The van der Waals surface area contributed by atoms with Crippen LogP contribution < -0.4 is 10.6 Å². The molecule has 2 aliphatic heterocycles. The lowest BCUT2D eigenvalue weighted by molar-refractivity contribution is -0.131. The largest absolute Gasteiger partial charge is 0.338 e. The highest BCUT2D eigenvalue weighted by Gasteiger charge is 2.46. The molecular weight excluding hydrogens is 455 g/mol. The van der Waals surface area contributed by atoms with Crippen LogP contribution in [-0.2, 0) is 21.2 Å². The summed E-state index contributed by atoms with van der Waals surface area (Å²) in [5.41, 5.74) is 0.781. The maximum absolute atomic E-state index is 15.0. The molecule has 2 bridgehead atoms. The summed E-state index contributed by atoms with van der Waals surface area (Å²) in [7, 11) is -0.704. The Labute approximate surface area is 200 Å². The first-order valence-corrected chi connectivity index (χ1v) is 12.9. The number of nitrogens with zero attached hydrogens (tertiary/aromatic N) is 2. The number of rotatable bonds is 7. The molecule has 3 aliphatic rings. The van der Waals surface area contributed by atoms with Crippen molar-refractivity contribution < 1.29 is 17.6 Å². The number of fused-ring (bicyclic) bond motifs is 3. The Hall–Kier alpha value is -2.80. The lowest BCUT2D eigenvalue weighted by Gasteiger charge is -2.46. The van der Waals surface area contributed by atoms with E-state index in [0.717, 1.165) is 36.5 Å². The zero-order valence-electron chi connectivity index (χ0n) is 19.3. The highest BCUT2D eigenvalue weighted by atomic mass is 32.2. The third-order valence-corrected chi connectivity index (χ3v) is 8.82. The normalized spacial score (nSPS) is 22.9. The lowest BCUT2D eigenvalue weighted by Crippen LogP contribution is -2.64. The van der Waals surface area contributed by atoms with Crippen molar-refractivity contribution in [3.05, 3.63) is 53.8 Å². The minimum atomic E-state index is -3.61. The van der Waals surface area contributed by atoms with Crippen LogP contribution in [0.1, 0.15) is 31.2 Å². The molecule has 1 atom stereocenters. The van der Waals surface area contributed by atoms with Gasteiger partial charge in [0.25, 0.3) is 0 Å². The van der Waals surface area contributed by atoms with E-state index in [2.05, 4.69) is 16.7 Å². The average Bonchev–Trinajstić information content (AvgIpc) is 2.85. The summed E-state index contributed by atoms with van der Waals surface area (Å²) in [6, 6.07) is 12.2. The quantitative estimate of drug-likeness (QED) is 0.629. The molecule has 1 aliphatic carbocycles. The first kappa shape index (κ1) is 24.3. The summed E-state index contributed by atoms with van der Waals surface area (Å²) < 4.78 is 40.9.